The Labute approximate surface area is 182 Å². The number of hydrazone groups is 1. The highest BCUT2D eigenvalue weighted by molar-refractivity contribution is 6.02. The Kier molecular flexibility index (Phi) is 5.02. The first-order chi connectivity index (χ1) is 15.2. The van der Waals surface area contributed by atoms with Gasteiger partial charge in [-0.1, -0.05) is 49.4 Å². The molecule has 3 aromatic carbocycles. The van der Waals surface area contributed by atoms with Crippen LogP contribution < -0.4 is 14.2 Å². The van der Waals surface area contributed by atoms with Crippen molar-refractivity contribution in [3.05, 3.63) is 89.0 Å². The summed E-state index contributed by atoms with van der Waals surface area (Å²) in [5, 5.41) is 7.13. The van der Waals surface area contributed by atoms with E-state index in [4.69, 9.17) is 19.3 Å². The third-order valence-corrected chi connectivity index (χ3v) is 6.09. The van der Waals surface area contributed by atoms with E-state index >= 15 is 0 Å². The van der Waals surface area contributed by atoms with Gasteiger partial charge in [0.05, 0.1) is 26.0 Å². The molecule has 2 aliphatic rings. The van der Waals surface area contributed by atoms with Crippen LogP contribution in [0.2, 0.25) is 0 Å². The highest BCUT2D eigenvalue weighted by Gasteiger charge is 2.41. The number of nitrogens with zero attached hydrogens (tertiary/aromatic N) is 2. The number of rotatable bonds is 5. The number of para-hydroxylation sites is 1. The summed E-state index contributed by atoms with van der Waals surface area (Å²) in [6.45, 7) is 2.17. The van der Waals surface area contributed by atoms with Gasteiger partial charge in [-0.2, -0.15) is 5.10 Å². The molecule has 158 valence electrons. The molecule has 0 aromatic heterocycles. The van der Waals surface area contributed by atoms with Crippen LogP contribution in [0.3, 0.4) is 0 Å². The summed E-state index contributed by atoms with van der Waals surface area (Å²) < 4.78 is 17.4. The molecule has 0 radical (unpaired) electrons. The normalized spacial score (nSPS) is 19.2. The summed E-state index contributed by atoms with van der Waals surface area (Å²) in [4.78, 5) is 0. The highest BCUT2D eigenvalue weighted by atomic mass is 16.5. The van der Waals surface area contributed by atoms with Gasteiger partial charge in [-0.15, -0.1) is 0 Å². The van der Waals surface area contributed by atoms with E-state index < -0.39 is 0 Å². The summed E-state index contributed by atoms with van der Waals surface area (Å²) in [5.41, 5.74) is 5.72. The first-order valence-electron chi connectivity index (χ1n) is 10.6. The molecule has 0 aliphatic carbocycles. The lowest BCUT2D eigenvalue weighted by atomic mass is 9.95. The van der Waals surface area contributed by atoms with Crippen molar-refractivity contribution in [3.8, 4) is 17.2 Å². The molecule has 5 nitrogen and oxygen atoms in total. The predicted molar refractivity (Wildman–Crippen MR) is 121 cm³/mol. The van der Waals surface area contributed by atoms with E-state index in [1.165, 1.54) is 11.1 Å². The number of hydrogen-bond donors (Lipinski definition) is 0. The minimum atomic E-state index is -0.341. The van der Waals surface area contributed by atoms with Crippen molar-refractivity contribution in [3.63, 3.8) is 0 Å². The van der Waals surface area contributed by atoms with Gasteiger partial charge < -0.3 is 14.2 Å². The van der Waals surface area contributed by atoms with Crippen LogP contribution in [0.1, 0.15) is 47.9 Å². The predicted octanol–water partition coefficient (Wildman–Crippen LogP) is 5.51. The summed E-state index contributed by atoms with van der Waals surface area (Å²) in [6.07, 6.45) is 1.53. The SMILES string of the molecule is CCc1ccc(C2=NN3[C@H](C2)c2ccccc2O[C@@H]3c2ccc(OC)c(OC)c2)cc1. The summed E-state index contributed by atoms with van der Waals surface area (Å²) in [7, 11) is 3.29. The average molecular weight is 415 g/mol. The van der Waals surface area contributed by atoms with Gasteiger partial charge in [0.15, 0.2) is 11.5 Å². The smallest absolute Gasteiger partial charge is 0.214 e. The summed E-state index contributed by atoms with van der Waals surface area (Å²) in [5.74, 6) is 2.28. The van der Waals surface area contributed by atoms with Crippen molar-refractivity contribution in [2.45, 2.75) is 32.0 Å². The van der Waals surface area contributed by atoms with Crippen LogP contribution >= 0.6 is 0 Å². The average Bonchev–Trinajstić information content (AvgIpc) is 3.29. The maximum absolute atomic E-state index is 6.45. The van der Waals surface area contributed by atoms with Crippen LogP contribution in [-0.2, 0) is 6.42 Å². The molecular formula is C26H26N2O3. The number of hydrogen-bond acceptors (Lipinski definition) is 5. The van der Waals surface area contributed by atoms with Gasteiger partial charge >= 0.3 is 0 Å². The fourth-order valence-corrected chi connectivity index (χ4v) is 4.37. The molecule has 0 saturated carbocycles. The zero-order valence-electron chi connectivity index (χ0n) is 18.0. The van der Waals surface area contributed by atoms with Crippen molar-refractivity contribution in [1.82, 2.24) is 5.01 Å². The van der Waals surface area contributed by atoms with Crippen molar-refractivity contribution in [1.29, 1.82) is 0 Å². The van der Waals surface area contributed by atoms with E-state index in [0.29, 0.717) is 11.5 Å². The lowest BCUT2D eigenvalue weighted by molar-refractivity contribution is -0.0191. The molecule has 0 spiro atoms. The lowest BCUT2D eigenvalue weighted by Crippen LogP contribution is -2.33. The van der Waals surface area contributed by atoms with E-state index in [2.05, 4.69) is 48.3 Å². The first-order valence-corrected chi connectivity index (χ1v) is 10.6. The molecule has 0 saturated heterocycles. The molecule has 3 aromatic rings. The van der Waals surface area contributed by atoms with E-state index in [1.807, 2.05) is 30.3 Å². The minimum Gasteiger partial charge on any atom is -0.493 e. The van der Waals surface area contributed by atoms with Crippen molar-refractivity contribution >= 4 is 5.71 Å². The molecule has 31 heavy (non-hydrogen) atoms. The van der Waals surface area contributed by atoms with Crippen molar-refractivity contribution in [2.75, 3.05) is 14.2 Å². The molecule has 0 unspecified atom stereocenters. The minimum absolute atomic E-state index is 0.129. The molecule has 2 heterocycles. The first kappa shape index (κ1) is 19.5. The highest BCUT2D eigenvalue weighted by Crippen LogP contribution is 2.48. The molecular weight excluding hydrogens is 388 g/mol. The van der Waals surface area contributed by atoms with E-state index in [-0.39, 0.29) is 12.3 Å². The Hall–Kier alpha value is -3.47. The maximum Gasteiger partial charge on any atom is 0.214 e. The zero-order valence-corrected chi connectivity index (χ0v) is 18.0. The van der Waals surface area contributed by atoms with Crippen LogP contribution in [0.4, 0.5) is 0 Å². The third-order valence-electron chi connectivity index (χ3n) is 6.09. The second kappa shape index (κ2) is 7.99. The van der Waals surface area contributed by atoms with Gasteiger partial charge in [-0.3, -0.25) is 0 Å². The second-order valence-electron chi connectivity index (χ2n) is 7.82. The van der Waals surface area contributed by atoms with Crippen molar-refractivity contribution in [2.24, 2.45) is 5.10 Å². The fourth-order valence-electron chi connectivity index (χ4n) is 4.37. The Morgan fingerprint density at radius 1 is 0.968 bits per heavy atom. The molecule has 5 rings (SSSR count). The quantitative estimate of drug-likeness (QED) is 0.552. The van der Waals surface area contributed by atoms with E-state index in [0.717, 1.165) is 35.4 Å². The van der Waals surface area contributed by atoms with Gasteiger partial charge in [0.2, 0.25) is 6.23 Å². The number of fused-ring (bicyclic) bond motifs is 3. The molecule has 0 bridgehead atoms. The largest absolute Gasteiger partial charge is 0.493 e. The molecule has 5 heteroatoms. The topological polar surface area (TPSA) is 43.3 Å². The number of methoxy groups -OCH3 is 2. The Morgan fingerprint density at radius 3 is 2.48 bits per heavy atom. The Balaban J connectivity index is 1.56. The van der Waals surface area contributed by atoms with Gasteiger partial charge in [-0.05, 0) is 41.8 Å². The third kappa shape index (κ3) is 3.40. The number of benzene rings is 3. The van der Waals surface area contributed by atoms with Crippen LogP contribution in [0.15, 0.2) is 71.8 Å². The zero-order chi connectivity index (χ0) is 21.4. The lowest BCUT2D eigenvalue weighted by Gasteiger charge is -2.38. The monoisotopic (exact) mass is 414 g/mol. The summed E-state index contributed by atoms with van der Waals surface area (Å²) >= 11 is 0. The molecule has 0 N–H and O–H groups in total. The van der Waals surface area contributed by atoms with Gasteiger partial charge in [0.1, 0.15) is 5.75 Å². The number of aryl methyl sites for hydroxylation is 1. The number of ether oxygens (including phenoxy) is 3. The van der Waals surface area contributed by atoms with E-state index in [1.54, 1.807) is 14.2 Å². The standard InChI is InChI=1S/C26H26N2O3/c1-4-17-9-11-18(12-10-17)21-16-22-20-7-5-6-8-23(20)31-26(28(22)27-21)19-13-14-24(29-2)25(15-19)30-3/h5-15,22,26H,4,16H2,1-3H3/t22-,26-/m1/s1. The fraction of sp³-hybridized carbons (Fsp3) is 0.269. The van der Waals surface area contributed by atoms with Crippen molar-refractivity contribution < 1.29 is 14.2 Å². The van der Waals surface area contributed by atoms with E-state index in [9.17, 15) is 0 Å². The second-order valence-corrected chi connectivity index (χ2v) is 7.82. The maximum atomic E-state index is 6.45. The van der Waals surface area contributed by atoms with Crippen LogP contribution in [0, 0.1) is 0 Å². The molecule has 0 amide bonds. The molecule has 2 aliphatic heterocycles. The van der Waals surface area contributed by atoms with Gasteiger partial charge in [0, 0.05) is 17.5 Å². The molecule has 2 atom stereocenters. The van der Waals surface area contributed by atoms with Gasteiger partial charge in [0.25, 0.3) is 0 Å². The summed E-state index contributed by atoms with van der Waals surface area (Å²) in [6, 6.07) is 23.0. The van der Waals surface area contributed by atoms with Gasteiger partial charge in [-0.25, -0.2) is 5.01 Å². The van der Waals surface area contributed by atoms with Crippen LogP contribution in [0.25, 0.3) is 0 Å². The molecule has 0 fully saturated rings. The van der Waals surface area contributed by atoms with Crippen LogP contribution in [-0.4, -0.2) is 24.9 Å². The van der Waals surface area contributed by atoms with Crippen LogP contribution in [0.5, 0.6) is 17.2 Å². The Morgan fingerprint density at radius 2 is 1.74 bits per heavy atom. The Bertz CT molecular complexity index is 1120.